The molecule has 2 aliphatic rings. The molecule has 0 spiro atoms. The molecule has 1 aliphatic heterocycles. The highest BCUT2D eigenvalue weighted by atomic mass is 32.2. The Morgan fingerprint density at radius 3 is 2.56 bits per heavy atom. The maximum Gasteiger partial charge on any atom is 0.305 e. The van der Waals surface area contributed by atoms with Crippen LogP contribution in [-0.2, 0) is 29.7 Å². The summed E-state index contributed by atoms with van der Waals surface area (Å²) in [5.74, 6) is -0.239. The molecule has 0 amide bonds. The molecule has 43 heavy (non-hydrogen) atoms. The highest BCUT2D eigenvalue weighted by molar-refractivity contribution is 7.89. The second-order valence-electron chi connectivity index (χ2n) is 11.4. The molecule has 1 N–H and O–H groups in total. The van der Waals surface area contributed by atoms with E-state index in [0.717, 1.165) is 34.9 Å². The van der Waals surface area contributed by atoms with Crippen LogP contribution in [0.5, 0.6) is 0 Å². The highest BCUT2D eigenvalue weighted by Crippen LogP contribution is 2.54. The van der Waals surface area contributed by atoms with Gasteiger partial charge in [-0.15, -0.1) is 0 Å². The summed E-state index contributed by atoms with van der Waals surface area (Å²) in [4.78, 5) is 16.1. The van der Waals surface area contributed by atoms with Gasteiger partial charge in [0, 0.05) is 23.4 Å². The van der Waals surface area contributed by atoms with E-state index in [1.165, 1.54) is 7.11 Å². The number of carbonyl (C=O) groups is 1. The molecule has 8 heteroatoms. The maximum atomic E-state index is 13.9. The lowest BCUT2D eigenvalue weighted by Crippen LogP contribution is -2.51. The number of fused-ring (bicyclic) bond motifs is 3. The molecule has 2 bridgehead atoms. The van der Waals surface area contributed by atoms with Gasteiger partial charge in [0.15, 0.2) is 0 Å². The molecule has 7 nitrogen and oxygen atoms in total. The van der Waals surface area contributed by atoms with Gasteiger partial charge in [-0.25, -0.2) is 13.1 Å². The molecule has 0 unspecified atom stereocenters. The number of benzene rings is 3. The van der Waals surface area contributed by atoms with Crippen LogP contribution in [0.3, 0.4) is 0 Å². The van der Waals surface area contributed by atoms with Crippen molar-refractivity contribution in [3.05, 3.63) is 109 Å². The minimum absolute atomic E-state index is 0.0246. The van der Waals surface area contributed by atoms with Crippen molar-refractivity contribution >= 4 is 26.9 Å². The second-order valence-corrected chi connectivity index (χ2v) is 13.1. The summed E-state index contributed by atoms with van der Waals surface area (Å²) < 4.78 is 41.9. The van der Waals surface area contributed by atoms with Crippen LogP contribution in [-0.4, -0.2) is 45.2 Å². The number of sulfonamides is 1. The standard InChI is InChI=1S/C35H36N2O5S/c1-41-32(38)17-8-3-2-7-15-29-34(37-43(39,40)31-16-9-13-27-14-10-22-36-33(27)31)30-23-35(29,24-42-30)28-20-18-26(19-21-28)25-11-5-4-6-12-25/h2,4-7,9-14,16,18-22,29-30,34,37H,3,8,15,17,23-24H2,1H3/t29-,30-,34-,35-/m0/s1. The van der Waals surface area contributed by atoms with E-state index >= 15 is 0 Å². The smallest absolute Gasteiger partial charge is 0.305 e. The average Bonchev–Trinajstić information content (AvgIpc) is 3.61. The van der Waals surface area contributed by atoms with Crippen LogP contribution in [0.15, 0.2) is 108 Å². The Morgan fingerprint density at radius 1 is 1.00 bits per heavy atom. The number of aromatic nitrogens is 1. The molecule has 2 fully saturated rings. The van der Waals surface area contributed by atoms with Crippen molar-refractivity contribution in [3.8, 4) is 11.1 Å². The summed E-state index contributed by atoms with van der Waals surface area (Å²) in [5.41, 5.74) is 3.57. The van der Waals surface area contributed by atoms with Crippen molar-refractivity contribution in [2.45, 2.75) is 54.6 Å². The van der Waals surface area contributed by atoms with E-state index in [2.05, 4.69) is 58.3 Å². The van der Waals surface area contributed by atoms with Crippen LogP contribution >= 0.6 is 0 Å². The number of para-hydroxylation sites is 1. The minimum Gasteiger partial charge on any atom is -0.469 e. The topological polar surface area (TPSA) is 94.6 Å². The molecule has 6 rings (SSSR count). The summed E-state index contributed by atoms with van der Waals surface area (Å²) in [5, 5.41) is 0.774. The third kappa shape index (κ3) is 5.87. The van der Waals surface area contributed by atoms with Crippen molar-refractivity contribution < 1.29 is 22.7 Å². The number of hydrogen-bond donors (Lipinski definition) is 1. The number of allylic oxidation sites excluding steroid dienone is 2. The molecule has 2 heterocycles. The monoisotopic (exact) mass is 596 g/mol. The molecule has 1 aromatic heterocycles. The third-order valence-electron chi connectivity index (χ3n) is 8.94. The van der Waals surface area contributed by atoms with E-state index in [1.807, 2.05) is 30.3 Å². The van der Waals surface area contributed by atoms with Crippen LogP contribution in [0.4, 0.5) is 0 Å². The summed E-state index contributed by atoms with van der Waals surface area (Å²) in [6.07, 6.45) is 8.83. The number of pyridine rings is 1. The summed E-state index contributed by atoms with van der Waals surface area (Å²) >= 11 is 0. The first-order chi connectivity index (χ1) is 20.9. The zero-order valence-electron chi connectivity index (χ0n) is 24.2. The largest absolute Gasteiger partial charge is 0.469 e. The Kier molecular flexibility index (Phi) is 8.43. The summed E-state index contributed by atoms with van der Waals surface area (Å²) in [7, 11) is -2.50. The number of ether oxygens (including phenoxy) is 2. The summed E-state index contributed by atoms with van der Waals surface area (Å²) in [6, 6.07) is 27.4. The van der Waals surface area contributed by atoms with Gasteiger partial charge >= 0.3 is 5.97 Å². The predicted octanol–water partition coefficient (Wildman–Crippen LogP) is 6.20. The van der Waals surface area contributed by atoms with Crippen molar-refractivity contribution in [2.75, 3.05) is 13.7 Å². The van der Waals surface area contributed by atoms with E-state index in [4.69, 9.17) is 9.47 Å². The maximum absolute atomic E-state index is 13.9. The van der Waals surface area contributed by atoms with Crippen molar-refractivity contribution in [3.63, 3.8) is 0 Å². The Balaban J connectivity index is 1.29. The number of unbranched alkanes of at least 4 members (excludes halogenated alkanes) is 1. The van der Waals surface area contributed by atoms with Crippen LogP contribution in [0.25, 0.3) is 22.0 Å². The van der Waals surface area contributed by atoms with Gasteiger partial charge in [0.25, 0.3) is 0 Å². The zero-order chi connectivity index (χ0) is 29.9. The van der Waals surface area contributed by atoms with Crippen LogP contribution in [0, 0.1) is 5.92 Å². The highest BCUT2D eigenvalue weighted by Gasteiger charge is 2.60. The first-order valence-corrected chi connectivity index (χ1v) is 16.2. The number of carbonyl (C=O) groups excluding carboxylic acids is 1. The normalized spacial score (nSPS) is 23.2. The number of methoxy groups -OCH3 is 1. The Labute approximate surface area is 253 Å². The molecule has 1 saturated carbocycles. The molecule has 1 aliphatic carbocycles. The number of esters is 1. The SMILES string of the molecule is COC(=O)CCCC=CC[C@H]1[C@H](NS(=O)(=O)c2cccc3cccnc23)[C@@H]2C[C@@]1(c1ccc(-c3ccccc3)cc1)CO2. The molecule has 222 valence electrons. The fourth-order valence-electron chi connectivity index (χ4n) is 6.76. The number of hydrogen-bond acceptors (Lipinski definition) is 6. The molecular weight excluding hydrogens is 560 g/mol. The first kappa shape index (κ1) is 29.2. The molecule has 0 radical (unpaired) electrons. The summed E-state index contributed by atoms with van der Waals surface area (Å²) in [6.45, 7) is 0.539. The minimum atomic E-state index is -3.90. The van der Waals surface area contributed by atoms with Gasteiger partial charge in [-0.2, -0.15) is 0 Å². The first-order valence-electron chi connectivity index (χ1n) is 14.8. The average molecular weight is 597 g/mol. The van der Waals surface area contributed by atoms with Gasteiger partial charge in [0.05, 0.1) is 31.4 Å². The van der Waals surface area contributed by atoms with Gasteiger partial charge in [-0.3, -0.25) is 9.78 Å². The van der Waals surface area contributed by atoms with E-state index in [0.29, 0.717) is 31.4 Å². The van der Waals surface area contributed by atoms with Gasteiger partial charge < -0.3 is 9.47 Å². The van der Waals surface area contributed by atoms with Crippen LogP contribution < -0.4 is 4.72 Å². The van der Waals surface area contributed by atoms with E-state index in [1.54, 1.807) is 24.4 Å². The molecule has 4 atom stereocenters. The Morgan fingerprint density at radius 2 is 1.77 bits per heavy atom. The van der Waals surface area contributed by atoms with Crippen LogP contribution in [0.1, 0.15) is 37.7 Å². The Bertz CT molecular complexity index is 1720. The van der Waals surface area contributed by atoms with E-state index < -0.39 is 16.1 Å². The lowest BCUT2D eigenvalue weighted by molar-refractivity contribution is -0.140. The second kappa shape index (κ2) is 12.4. The quantitative estimate of drug-likeness (QED) is 0.126. The number of rotatable bonds is 11. The molecule has 3 aromatic carbocycles. The number of nitrogens with one attached hydrogen (secondary N) is 1. The van der Waals surface area contributed by atoms with Crippen molar-refractivity contribution in [2.24, 2.45) is 5.92 Å². The predicted molar refractivity (Wildman–Crippen MR) is 167 cm³/mol. The lowest BCUT2D eigenvalue weighted by Gasteiger charge is -2.39. The fourth-order valence-corrected chi connectivity index (χ4v) is 8.24. The third-order valence-corrected chi connectivity index (χ3v) is 10.4. The molecular formula is C35H36N2O5S. The van der Waals surface area contributed by atoms with Gasteiger partial charge in [0.2, 0.25) is 10.0 Å². The molecule has 4 aromatic rings. The van der Waals surface area contributed by atoms with Gasteiger partial charge in [0.1, 0.15) is 4.90 Å². The lowest BCUT2D eigenvalue weighted by atomic mass is 9.70. The fraction of sp³-hybridized carbons (Fsp3) is 0.314. The van der Waals surface area contributed by atoms with E-state index in [9.17, 15) is 13.2 Å². The van der Waals surface area contributed by atoms with E-state index in [-0.39, 0.29) is 28.3 Å². The van der Waals surface area contributed by atoms with Crippen molar-refractivity contribution in [1.29, 1.82) is 0 Å². The van der Waals surface area contributed by atoms with Gasteiger partial charge in [-0.1, -0.05) is 84.9 Å². The van der Waals surface area contributed by atoms with Crippen molar-refractivity contribution in [1.82, 2.24) is 9.71 Å². The number of nitrogens with zero attached hydrogens (tertiary/aromatic N) is 1. The Hall–Kier alpha value is -3.85. The van der Waals surface area contributed by atoms with Gasteiger partial charge in [-0.05, 0) is 60.4 Å². The zero-order valence-corrected chi connectivity index (χ0v) is 25.0. The molecule has 1 saturated heterocycles. The van der Waals surface area contributed by atoms with Crippen LogP contribution in [0.2, 0.25) is 0 Å².